The van der Waals surface area contributed by atoms with Gasteiger partial charge in [0, 0.05) is 14.7 Å². The van der Waals surface area contributed by atoms with Gasteiger partial charge in [0.15, 0.2) is 0 Å². The number of allylic oxidation sites excluding steroid dienone is 3. The Morgan fingerprint density at radius 1 is 1.13 bits per heavy atom. The van der Waals surface area contributed by atoms with Crippen molar-refractivity contribution < 1.29 is 22.4 Å². The van der Waals surface area contributed by atoms with Gasteiger partial charge in [0.2, 0.25) is 5.91 Å². The second-order valence-electron chi connectivity index (χ2n) is 10.8. The highest BCUT2D eigenvalue weighted by molar-refractivity contribution is 14.1. The molecule has 1 fully saturated rings. The highest BCUT2D eigenvalue weighted by atomic mass is 127. The molecule has 0 aliphatic heterocycles. The predicted molar refractivity (Wildman–Crippen MR) is 150 cm³/mol. The second kappa shape index (κ2) is 9.60. The summed E-state index contributed by atoms with van der Waals surface area (Å²) in [4.78, 5) is 13.5. The lowest BCUT2D eigenvalue weighted by Crippen LogP contribution is -2.49. The van der Waals surface area contributed by atoms with Gasteiger partial charge in [-0.15, -0.1) is 0 Å². The summed E-state index contributed by atoms with van der Waals surface area (Å²) in [5.74, 6) is -4.35. The van der Waals surface area contributed by atoms with Gasteiger partial charge in [-0.25, -0.2) is 9.07 Å². The van der Waals surface area contributed by atoms with Crippen molar-refractivity contribution in [2.45, 2.75) is 38.8 Å². The molecule has 2 aromatic carbocycles. The molecular formula is C30H26F4IN3O. The number of aromatic nitrogens is 2. The van der Waals surface area contributed by atoms with E-state index in [1.807, 2.05) is 12.1 Å². The molecule has 1 heterocycles. The normalized spacial score (nSPS) is 26.1. The van der Waals surface area contributed by atoms with E-state index < -0.39 is 35.3 Å². The maximum atomic E-state index is 14.3. The first kappa shape index (κ1) is 26.3. The van der Waals surface area contributed by atoms with Crippen molar-refractivity contribution >= 4 is 40.3 Å². The van der Waals surface area contributed by atoms with E-state index in [0.717, 1.165) is 31.7 Å². The average Bonchev–Trinajstić information content (AvgIpc) is 3.29. The lowest BCUT2D eigenvalue weighted by Gasteiger charge is -2.50. The lowest BCUT2D eigenvalue weighted by atomic mass is 9.54. The Kier molecular flexibility index (Phi) is 6.47. The number of nitrogens with one attached hydrogen (secondary N) is 1. The van der Waals surface area contributed by atoms with Crippen LogP contribution in [0.2, 0.25) is 0 Å². The van der Waals surface area contributed by atoms with Crippen molar-refractivity contribution in [3.8, 4) is 5.69 Å². The molecule has 39 heavy (non-hydrogen) atoms. The number of hydrogen-bond acceptors (Lipinski definition) is 2. The summed E-state index contributed by atoms with van der Waals surface area (Å²) in [6.45, 7) is 2.08. The minimum absolute atomic E-state index is 0.218. The maximum absolute atomic E-state index is 14.3. The van der Waals surface area contributed by atoms with Crippen molar-refractivity contribution in [3.63, 3.8) is 0 Å². The van der Waals surface area contributed by atoms with Crippen LogP contribution in [0, 0.1) is 32.6 Å². The quantitative estimate of drug-likeness (QED) is 0.180. The first-order valence-electron chi connectivity index (χ1n) is 12.9. The van der Waals surface area contributed by atoms with Crippen LogP contribution in [-0.2, 0) is 11.2 Å². The highest BCUT2D eigenvalue weighted by Gasteiger charge is 2.56. The molecular weight excluding hydrogens is 621 g/mol. The standard InChI is InChI=1S/C30H26F4IN3O/c1-29-15-17-16-36-38(22-9-3-19(31)4-10-22)26(17)14-18(29)2-11-23-24(29)12-13-25(30(32,33)34)27(23)28(39)37-21-7-5-20(35)6-8-21/h3-10,12,14,16,23,25,27H,2,11,13,15H2,1H3,(H,37,39)/t23?,25-,27-,29+/m1/s1. The van der Waals surface area contributed by atoms with Crippen molar-refractivity contribution in [1.29, 1.82) is 0 Å². The van der Waals surface area contributed by atoms with E-state index in [4.69, 9.17) is 0 Å². The molecule has 3 aliphatic rings. The Morgan fingerprint density at radius 2 is 1.85 bits per heavy atom. The number of amides is 1. The fourth-order valence-electron chi connectivity index (χ4n) is 6.69. The molecule has 0 bridgehead atoms. The third-order valence-electron chi connectivity index (χ3n) is 8.58. The molecule has 6 rings (SSSR count). The second-order valence-corrected chi connectivity index (χ2v) is 12.1. The fraction of sp³-hybridized carbons (Fsp3) is 0.333. The summed E-state index contributed by atoms with van der Waals surface area (Å²) in [6, 6.07) is 13.2. The number of nitrogens with zero attached hydrogens (tertiary/aromatic N) is 2. The Labute approximate surface area is 237 Å². The number of carbonyl (C=O) groups excluding carboxylic acids is 1. The molecule has 9 heteroatoms. The Bertz CT molecular complexity index is 1490. The predicted octanol–water partition coefficient (Wildman–Crippen LogP) is 7.74. The van der Waals surface area contributed by atoms with Crippen LogP contribution in [0.15, 0.2) is 72.0 Å². The summed E-state index contributed by atoms with van der Waals surface area (Å²) in [7, 11) is 0. The van der Waals surface area contributed by atoms with Gasteiger partial charge in [-0.2, -0.15) is 18.3 Å². The van der Waals surface area contributed by atoms with Crippen LogP contribution in [0.4, 0.5) is 23.2 Å². The summed E-state index contributed by atoms with van der Waals surface area (Å²) >= 11 is 2.14. The Hall–Kier alpha value is -2.95. The van der Waals surface area contributed by atoms with Crippen LogP contribution in [-0.4, -0.2) is 21.9 Å². The highest BCUT2D eigenvalue weighted by Crippen LogP contribution is 2.59. The average molecular weight is 647 g/mol. The van der Waals surface area contributed by atoms with Crippen molar-refractivity contribution in [2.75, 3.05) is 5.32 Å². The van der Waals surface area contributed by atoms with Crippen LogP contribution >= 0.6 is 22.6 Å². The summed E-state index contributed by atoms with van der Waals surface area (Å²) in [5.41, 5.74) is 4.67. The number of alkyl halides is 3. The summed E-state index contributed by atoms with van der Waals surface area (Å²) in [6.07, 6.45) is 2.55. The van der Waals surface area contributed by atoms with Gasteiger partial charge in [-0.3, -0.25) is 4.79 Å². The van der Waals surface area contributed by atoms with E-state index >= 15 is 0 Å². The first-order valence-corrected chi connectivity index (χ1v) is 14.0. The molecule has 1 saturated carbocycles. The topological polar surface area (TPSA) is 46.9 Å². The SMILES string of the molecule is C[C@]12Cc3cnn(-c4ccc(F)cc4)c3C=C1CCC1C2=CC[C@@H](C(F)(F)F)[C@@H]1C(=O)Nc1ccc(I)cc1. The number of fused-ring (bicyclic) bond motifs is 4. The molecule has 3 aromatic rings. The van der Waals surface area contributed by atoms with Gasteiger partial charge in [0.1, 0.15) is 5.82 Å². The van der Waals surface area contributed by atoms with Gasteiger partial charge in [-0.1, -0.05) is 24.1 Å². The first-order chi connectivity index (χ1) is 18.5. The van der Waals surface area contributed by atoms with Gasteiger partial charge >= 0.3 is 6.18 Å². The van der Waals surface area contributed by atoms with Crippen LogP contribution in [0.1, 0.15) is 37.4 Å². The maximum Gasteiger partial charge on any atom is 0.392 e. The van der Waals surface area contributed by atoms with Crippen LogP contribution in [0.3, 0.4) is 0 Å². The Morgan fingerprint density at radius 3 is 2.54 bits per heavy atom. The Balaban J connectivity index is 1.35. The number of anilines is 1. The fourth-order valence-corrected chi connectivity index (χ4v) is 7.05. The number of benzene rings is 2. The number of carbonyl (C=O) groups is 1. The smallest absolute Gasteiger partial charge is 0.326 e. The number of hydrogen-bond donors (Lipinski definition) is 1. The van der Waals surface area contributed by atoms with E-state index in [0.29, 0.717) is 24.9 Å². The molecule has 1 aromatic heterocycles. The monoisotopic (exact) mass is 647 g/mol. The molecule has 202 valence electrons. The third-order valence-corrected chi connectivity index (χ3v) is 9.30. The van der Waals surface area contributed by atoms with Crippen molar-refractivity contribution in [1.82, 2.24) is 9.78 Å². The number of rotatable bonds is 3. The summed E-state index contributed by atoms with van der Waals surface area (Å²) in [5, 5.41) is 7.32. The van der Waals surface area contributed by atoms with Gasteiger partial charge in [-0.05, 0) is 114 Å². The zero-order valence-corrected chi connectivity index (χ0v) is 23.3. The molecule has 4 atom stereocenters. The molecule has 3 aliphatic carbocycles. The zero-order valence-electron chi connectivity index (χ0n) is 21.1. The van der Waals surface area contributed by atoms with Gasteiger partial charge in [0.05, 0.1) is 29.4 Å². The minimum Gasteiger partial charge on any atom is -0.326 e. The number of halogens is 5. The van der Waals surface area contributed by atoms with E-state index in [-0.39, 0.29) is 12.2 Å². The molecule has 1 N–H and O–H groups in total. The third kappa shape index (κ3) is 4.62. The van der Waals surface area contributed by atoms with E-state index in [9.17, 15) is 22.4 Å². The van der Waals surface area contributed by atoms with Crippen molar-refractivity contribution in [2.24, 2.45) is 23.2 Å². The van der Waals surface area contributed by atoms with Crippen LogP contribution in [0.25, 0.3) is 11.8 Å². The molecule has 1 amide bonds. The lowest BCUT2D eigenvalue weighted by molar-refractivity contribution is -0.196. The largest absolute Gasteiger partial charge is 0.392 e. The van der Waals surface area contributed by atoms with Gasteiger partial charge in [0.25, 0.3) is 0 Å². The van der Waals surface area contributed by atoms with Crippen LogP contribution < -0.4 is 5.32 Å². The molecule has 0 radical (unpaired) electrons. The van der Waals surface area contributed by atoms with Crippen LogP contribution in [0.5, 0.6) is 0 Å². The van der Waals surface area contributed by atoms with E-state index in [2.05, 4.69) is 46.0 Å². The summed E-state index contributed by atoms with van der Waals surface area (Å²) < 4.78 is 59.0. The zero-order chi connectivity index (χ0) is 27.5. The molecule has 1 unspecified atom stereocenters. The van der Waals surface area contributed by atoms with E-state index in [1.165, 1.54) is 12.1 Å². The van der Waals surface area contributed by atoms with Crippen molar-refractivity contribution in [3.05, 3.63) is 92.6 Å². The molecule has 0 saturated heterocycles. The molecule has 0 spiro atoms. The molecule has 4 nitrogen and oxygen atoms in total. The van der Waals surface area contributed by atoms with Gasteiger partial charge < -0.3 is 5.32 Å². The van der Waals surface area contributed by atoms with E-state index in [1.54, 1.807) is 41.2 Å². The minimum atomic E-state index is -4.48.